The minimum atomic E-state index is 0.465. The van der Waals surface area contributed by atoms with E-state index in [1.165, 1.54) is 0 Å². The van der Waals surface area contributed by atoms with Gasteiger partial charge < -0.3 is 45.9 Å². The van der Waals surface area contributed by atoms with Crippen LogP contribution in [0.15, 0.2) is 48.5 Å². The molecule has 26 heavy (non-hydrogen) atoms. The molecule has 0 radical (unpaired) electrons. The molecule has 0 atom stereocenters. The Bertz CT molecular complexity index is 837. The zero-order valence-electron chi connectivity index (χ0n) is 14.2. The van der Waals surface area contributed by atoms with Crippen LogP contribution >= 0.6 is 0 Å². The van der Waals surface area contributed by atoms with Crippen molar-refractivity contribution in [2.24, 2.45) is 0 Å². The van der Waals surface area contributed by atoms with Gasteiger partial charge in [0.2, 0.25) is 0 Å². The van der Waals surface area contributed by atoms with Crippen LogP contribution < -0.4 is 45.9 Å². The van der Waals surface area contributed by atoms with Gasteiger partial charge in [0.15, 0.2) is 0 Å². The fraction of sp³-hybridized carbons (Fsp3) is 0. The van der Waals surface area contributed by atoms with Crippen molar-refractivity contribution in [1.29, 1.82) is 0 Å². The Balaban J connectivity index is 0.000000209. The largest absolute Gasteiger partial charge is 0.397 e. The highest BCUT2D eigenvalue weighted by Crippen LogP contribution is 2.28. The second-order valence-corrected chi connectivity index (χ2v) is 5.80. The van der Waals surface area contributed by atoms with Gasteiger partial charge in [0.25, 0.3) is 0 Å². The molecular formula is C18H24N8. The summed E-state index contributed by atoms with van der Waals surface area (Å²) in [6.45, 7) is 0. The first kappa shape index (κ1) is 18.4. The van der Waals surface area contributed by atoms with Gasteiger partial charge in [-0.2, -0.15) is 0 Å². The van der Waals surface area contributed by atoms with E-state index < -0.39 is 0 Å². The van der Waals surface area contributed by atoms with Crippen molar-refractivity contribution < 1.29 is 0 Å². The third-order valence-corrected chi connectivity index (χ3v) is 3.80. The van der Waals surface area contributed by atoms with Crippen LogP contribution in [0.3, 0.4) is 0 Å². The zero-order chi connectivity index (χ0) is 19.4. The van der Waals surface area contributed by atoms with Crippen molar-refractivity contribution in [2.75, 3.05) is 45.9 Å². The number of anilines is 8. The number of nitrogen functional groups attached to an aromatic ring is 8. The molecule has 16 N–H and O–H groups in total. The second-order valence-electron chi connectivity index (χ2n) is 5.80. The minimum absolute atomic E-state index is 0.465. The Kier molecular flexibility index (Phi) is 5.17. The van der Waals surface area contributed by atoms with E-state index in [1.54, 1.807) is 24.3 Å². The molecule has 0 aliphatic heterocycles. The van der Waals surface area contributed by atoms with E-state index in [1.807, 2.05) is 24.3 Å². The summed E-state index contributed by atoms with van der Waals surface area (Å²) in [6.07, 6.45) is 0. The average Bonchev–Trinajstić information content (AvgIpc) is 2.59. The molecule has 8 nitrogen and oxygen atoms in total. The highest BCUT2D eigenvalue weighted by molar-refractivity contribution is 5.79. The standard InChI is InChI=1S/C12H14N4.C6H10N4/c13-9-3-1-7(5-11(9)15)8-2-4-10(14)12(16)6-8;7-3-1-4(8)6(10)2-5(3)9/h1-6H,13-16H2;1-2H,7-10H2. The highest BCUT2D eigenvalue weighted by atomic mass is 14.7. The number of benzene rings is 3. The normalized spacial score (nSPS) is 10.0. The summed E-state index contributed by atoms with van der Waals surface area (Å²) in [5, 5.41) is 0. The van der Waals surface area contributed by atoms with Crippen molar-refractivity contribution in [3.63, 3.8) is 0 Å². The fourth-order valence-corrected chi connectivity index (χ4v) is 2.18. The van der Waals surface area contributed by atoms with E-state index >= 15 is 0 Å². The molecule has 0 bridgehead atoms. The van der Waals surface area contributed by atoms with E-state index in [-0.39, 0.29) is 0 Å². The molecule has 0 fully saturated rings. The minimum Gasteiger partial charge on any atom is -0.397 e. The van der Waals surface area contributed by atoms with Crippen LogP contribution in [0.4, 0.5) is 45.5 Å². The molecule has 0 aliphatic rings. The molecule has 0 saturated carbocycles. The van der Waals surface area contributed by atoms with Gasteiger partial charge in [-0.1, -0.05) is 12.1 Å². The number of hydrogen-bond acceptors (Lipinski definition) is 8. The predicted octanol–water partition coefficient (Wildman–Crippen LogP) is 1.70. The first-order chi connectivity index (χ1) is 12.2. The molecule has 3 rings (SSSR count). The van der Waals surface area contributed by atoms with E-state index in [2.05, 4.69) is 0 Å². The van der Waals surface area contributed by atoms with Gasteiger partial charge in [0.05, 0.1) is 45.5 Å². The molecule has 0 aliphatic carbocycles. The quantitative estimate of drug-likeness (QED) is 0.301. The molecule has 0 spiro atoms. The number of rotatable bonds is 1. The summed E-state index contributed by atoms with van der Waals surface area (Å²) in [6, 6.07) is 14.1. The summed E-state index contributed by atoms with van der Waals surface area (Å²) in [5.41, 5.74) is 50.6. The molecule has 3 aromatic rings. The molecule has 0 amide bonds. The molecule has 3 aromatic carbocycles. The summed E-state index contributed by atoms with van der Waals surface area (Å²) >= 11 is 0. The highest BCUT2D eigenvalue weighted by Gasteiger charge is 2.02. The van der Waals surface area contributed by atoms with Crippen LogP contribution in [0.25, 0.3) is 11.1 Å². The molecule has 0 saturated heterocycles. The third kappa shape index (κ3) is 4.12. The van der Waals surface area contributed by atoms with Crippen LogP contribution in [-0.4, -0.2) is 0 Å². The lowest BCUT2D eigenvalue weighted by Crippen LogP contribution is -2.00. The lowest BCUT2D eigenvalue weighted by molar-refractivity contribution is 1.60. The molecule has 0 heterocycles. The number of hydrogen-bond donors (Lipinski definition) is 8. The zero-order valence-corrected chi connectivity index (χ0v) is 14.2. The van der Waals surface area contributed by atoms with E-state index in [4.69, 9.17) is 45.9 Å². The summed E-state index contributed by atoms with van der Waals surface area (Å²) < 4.78 is 0. The lowest BCUT2D eigenvalue weighted by Gasteiger charge is -2.07. The third-order valence-electron chi connectivity index (χ3n) is 3.80. The predicted molar refractivity (Wildman–Crippen MR) is 114 cm³/mol. The van der Waals surface area contributed by atoms with Gasteiger partial charge in [0.1, 0.15) is 0 Å². The first-order valence-corrected chi connectivity index (χ1v) is 7.69. The fourth-order valence-electron chi connectivity index (χ4n) is 2.18. The van der Waals surface area contributed by atoms with Crippen LogP contribution in [0.1, 0.15) is 0 Å². The Hall–Kier alpha value is -3.94. The van der Waals surface area contributed by atoms with Gasteiger partial charge in [-0.15, -0.1) is 0 Å². The van der Waals surface area contributed by atoms with Crippen LogP contribution in [-0.2, 0) is 0 Å². The van der Waals surface area contributed by atoms with Gasteiger partial charge in [0, 0.05) is 0 Å². The number of nitrogens with two attached hydrogens (primary N) is 8. The molecule has 0 aromatic heterocycles. The summed E-state index contributed by atoms with van der Waals surface area (Å²) in [5.74, 6) is 0. The Morgan fingerprint density at radius 1 is 0.308 bits per heavy atom. The van der Waals surface area contributed by atoms with E-state index in [0.717, 1.165) is 11.1 Å². The monoisotopic (exact) mass is 352 g/mol. The maximum absolute atomic E-state index is 5.74. The molecule has 8 heteroatoms. The van der Waals surface area contributed by atoms with Gasteiger partial charge in [-0.25, -0.2) is 0 Å². The maximum atomic E-state index is 5.74. The van der Waals surface area contributed by atoms with Gasteiger partial charge >= 0.3 is 0 Å². The lowest BCUT2D eigenvalue weighted by atomic mass is 10.0. The Morgan fingerprint density at radius 3 is 0.846 bits per heavy atom. The van der Waals surface area contributed by atoms with Crippen LogP contribution in [0, 0.1) is 0 Å². The Morgan fingerprint density at radius 2 is 0.577 bits per heavy atom. The summed E-state index contributed by atoms with van der Waals surface area (Å²) in [4.78, 5) is 0. The van der Waals surface area contributed by atoms with Crippen LogP contribution in [0.5, 0.6) is 0 Å². The van der Waals surface area contributed by atoms with Crippen LogP contribution in [0.2, 0.25) is 0 Å². The van der Waals surface area contributed by atoms with Crippen molar-refractivity contribution in [2.45, 2.75) is 0 Å². The van der Waals surface area contributed by atoms with Crippen molar-refractivity contribution in [3.8, 4) is 11.1 Å². The van der Waals surface area contributed by atoms with E-state index in [0.29, 0.717) is 45.5 Å². The van der Waals surface area contributed by atoms with Crippen molar-refractivity contribution in [1.82, 2.24) is 0 Å². The van der Waals surface area contributed by atoms with Crippen molar-refractivity contribution in [3.05, 3.63) is 48.5 Å². The average molecular weight is 352 g/mol. The van der Waals surface area contributed by atoms with Gasteiger partial charge in [-0.05, 0) is 47.5 Å². The molecule has 136 valence electrons. The first-order valence-electron chi connectivity index (χ1n) is 7.69. The maximum Gasteiger partial charge on any atom is 0.0570 e. The second kappa shape index (κ2) is 7.31. The Labute approximate surface area is 151 Å². The van der Waals surface area contributed by atoms with Crippen molar-refractivity contribution >= 4 is 45.5 Å². The van der Waals surface area contributed by atoms with Gasteiger partial charge in [-0.3, -0.25) is 0 Å². The SMILES string of the molecule is Nc1cc(N)c(N)cc1N.Nc1ccc(-c2ccc(N)c(N)c2)cc1N. The molecule has 0 unspecified atom stereocenters. The summed E-state index contributed by atoms with van der Waals surface area (Å²) in [7, 11) is 0. The smallest absolute Gasteiger partial charge is 0.0570 e. The molecular weight excluding hydrogens is 328 g/mol. The topological polar surface area (TPSA) is 208 Å². The van der Waals surface area contributed by atoms with E-state index in [9.17, 15) is 0 Å².